The number of rotatable bonds is 6. The molecule has 0 atom stereocenters. The van der Waals surface area contributed by atoms with Gasteiger partial charge >= 0.3 is 10.3 Å². The zero-order valence-corrected chi connectivity index (χ0v) is 15.6. The Hall–Kier alpha value is -2.08. The average molecular weight is 399 g/mol. The Bertz CT molecular complexity index is 1030. The number of amides is 1. The van der Waals surface area contributed by atoms with Crippen molar-refractivity contribution in [3.63, 3.8) is 0 Å². The molecule has 1 aromatic carbocycles. The molecule has 0 aliphatic heterocycles. The molecule has 0 spiro atoms. The Balaban J connectivity index is 1.85. The Morgan fingerprint density at radius 1 is 1.28 bits per heavy atom. The lowest BCUT2D eigenvalue weighted by atomic mass is 10.3. The molecule has 1 N–H and O–H groups in total. The molecule has 0 bridgehead atoms. The van der Waals surface area contributed by atoms with Crippen molar-refractivity contribution in [1.29, 1.82) is 0 Å². The van der Waals surface area contributed by atoms with Gasteiger partial charge in [0.05, 0.1) is 23.9 Å². The molecule has 0 radical (unpaired) electrons. The molecular weight excluding hydrogens is 386 g/mol. The summed E-state index contributed by atoms with van der Waals surface area (Å²) in [6, 6.07) is 5.52. The molecular formula is C14H13N3O5S3. The first kappa shape index (κ1) is 17.7. The lowest BCUT2D eigenvalue weighted by molar-refractivity contribution is 0.0972. The minimum absolute atomic E-state index is 0.0138. The highest BCUT2D eigenvalue weighted by Crippen LogP contribution is 2.33. The van der Waals surface area contributed by atoms with E-state index in [0.29, 0.717) is 10.0 Å². The second-order valence-electron chi connectivity index (χ2n) is 4.68. The van der Waals surface area contributed by atoms with Crippen molar-refractivity contribution in [2.45, 2.75) is 6.92 Å². The van der Waals surface area contributed by atoms with Crippen LogP contribution in [0, 0.1) is 0 Å². The summed E-state index contributed by atoms with van der Waals surface area (Å²) in [5.74, 6) is -0.123. The third-order valence-electron chi connectivity index (χ3n) is 3.01. The Kier molecular flexibility index (Phi) is 4.99. The Morgan fingerprint density at radius 3 is 2.80 bits per heavy atom. The molecule has 2 heterocycles. The minimum atomic E-state index is -4.12. The zero-order valence-electron chi connectivity index (χ0n) is 13.2. The number of nitrogens with zero attached hydrogens (tertiary/aromatic N) is 2. The summed E-state index contributed by atoms with van der Waals surface area (Å²) >= 11 is 2.61. The van der Waals surface area contributed by atoms with E-state index in [1.807, 2.05) is 18.2 Å². The molecule has 3 rings (SSSR count). The maximum Gasteiger partial charge on any atom is 0.362 e. The summed E-state index contributed by atoms with van der Waals surface area (Å²) in [5.41, 5.74) is 0.779. The third-order valence-corrected chi connectivity index (χ3v) is 5.99. The quantitative estimate of drug-likeness (QED) is 0.678. The monoisotopic (exact) mass is 399 g/mol. The first-order valence-electron chi connectivity index (χ1n) is 7.04. The summed E-state index contributed by atoms with van der Waals surface area (Å²) < 4.78 is 35.3. The van der Waals surface area contributed by atoms with Crippen LogP contribution in [0.25, 0.3) is 20.2 Å². The molecule has 132 valence electrons. The standard InChI is InChI=1S/C14H13N3O5S3/c1-3-22-25(19,20)17-12(18)10-7-23-13(16-10)14-15-9-5-4-8(21-2)6-11(9)24-14/h4-7H,3H2,1-2H3,(H,17,18). The van der Waals surface area contributed by atoms with E-state index >= 15 is 0 Å². The fourth-order valence-corrected chi connectivity index (χ4v) is 4.48. The number of benzene rings is 1. The van der Waals surface area contributed by atoms with Crippen molar-refractivity contribution in [2.24, 2.45) is 0 Å². The van der Waals surface area contributed by atoms with Crippen LogP contribution in [0.5, 0.6) is 5.75 Å². The van der Waals surface area contributed by atoms with E-state index in [4.69, 9.17) is 4.74 Å². The van der Waals surface area contributed by atoms with Crippen molar-refractivity contribution < 1.29 is 22.1 Å². The van der Waals surface area contributed by atoms with Crippen LogP contribution in [-0.2, 0) is 14.5 Å². The summed E-state index contributed by atoms with van der Waals surface area (Å²) in [5, 5.41) is 2.64. The minimum Gasteiger partial charge on any atom is -0.497 e. The van der Waals surface area contributed by atoms with Gasteiger partial charge in [-0.3, -0.25) is 8.98 Å². The third kappa shape index (κ3) is 3.95. The molecule has 8 nitrogen and oxygen atoms in total. The number of aromatic nitrogens is 2. The van der Waals surface area contributed by atoms with Crippen molar-refractivity contribution in [2.75, 3.05) is 13.7 Å². The smallest absolute Gasteiger partial charge is 0.362 e. The molecule has 0 aliphatic carbocycles. The van der Waals surface area contributed by atoms with Gasteiger partial charge < -0.3 is 4.74 Å². The molecule has 0 saturated carbocycles. The van der Waals surface area contributed by atoms with Gasteiger partial charge in [0.1, 0.15) is 11.4 Å². The number of hydrogen-bond acceptors (Lipinski definition) is 9. The first-order valence-corrected chi connectivity index (χ1v) is 10.1. The largest absolute Gasteiger partial charge is 0.497 e. The number of hydrogen-bond donors (Lipinski definition) is 1. The number of carbonyl (C=O) groups excluding carboxylic acids is 1. The molecule has 0 aliphatic rings. The van der Waals surface area contributed by atoms with E-state index in [1.54, 1.807) is 11.8 Å². The van der Waals surface area contributed by atoms with Crippen LogP contribution in [0.15, 0.2) is 23.6 Å². The van der Waals surface area contributed by atoms with Gasteiger partial charge in [0.15, 0.2) is 10.0 Å². The molecule has 0 fully saturated rings. The first-order chi connectivity index (χ1) is 11.9. The summed E-state index contributed by atoms with van der Waals surface area (Å²) in [6.07, 6.45) is 0. The van der Waals surface area contributed by atoms with E-state index in [1.165, 1.54) is 35.0 Å². The van der Waals surface area contributed by atoms with Gasteiger partial charge in [-0.05, 0) is 25.1 Å². The number of nitrogens with one attached hydrogen (secondary N) is 1. The summed E-state index contributed by atoms with van der Waals surface area (Å²) in [4.78, 5) is 20.6. The van der Waals surface area contributed by atoms with Crippen LogP contribution in [0.4, 0.5) is 0 Å². The SMILES string of the molecule is CCOS(=O)(=O)NC(=O)c1csc(-c2nc3ccc(OC)cc3s2)n1. The number of methoxy groups -OCH3 is 1. The predicted octanol–water partition coefficient (Wildman–Crippen LogP) is 2.44. The maximum atomic E-state index is 12.0. The maximum absolute atomic E-state index is 12.0. The van der Waals surface area contributed by atoms with E-state index in [-0.39, 0.29) is 12.3 Å². The summed E-state index contributed by atoms with van der Waals surface area (Å²) in [6.45, 7) is 1.44. The molecule has 0 unspecified atom stereocenters. The number of thiazole rings is 2. The molecule has 2 aromatic heterocycles. The lowest BCUT2D eigenvalue weighted by Crippen LogP contribution is -2.32. The van der Waals surface area contributed by atoms with Crippen LogP contribution in [0.2, 0.25) is 0 Å². The number of fused-ring (bicyclic) bond motifs is 1. The highest BCUT2D eigenvalue weighted by Gasteiger charge is 2.20. The van der Waals surface area contributed by atoms with Gasteiger partial charge in [0.25, 0.3) is 5.91 Å². The second kappa shape index (κ2) is 7.04. The normalized spacial score (nSPS) is 11.6. The highest BCUT2D eigenvalue weighted by molar-refractivity contribution is 7.85. The van der Waals surface area contributed by atoms with E-state index in [9.17, 15) is 13.2 Å². The van der Waals surface area contributed by atoms with E-state index < -0.39 is 16.2 Å². The van der Waals surface area contributed by atoms with Crippen molar-refractivity contribution in [3.8, 4) is 15.8 Å². The highest BCUT2D eigenvalue weighted by atomic mass is 32.2. The fourth-order valence-electron chi connectivity index (χ4n) is 1.95. The Morgan fingerprint density at radius 2 is 2.08 bits per heavy atom. The van der Waals surface area contributed by atoms with Crippen LogP contribution < -0.4 is 9.46 Å². The van der Waals surface area contributed by atoms with E-state index in [0.717, 1.165) is 16.0 Å². The topological polar surface area (TPSA) is 107 Å². The molecule has 11 heteroatoms. The van der Waals surface area contributed by atoms with Gasteiger partial charge in [-0.15, -0.1) is 22.7 Å². The average Bonchev–Trinajstić information content (AvgIpc) is 3.20. The number of carbonyl (C=O) groups is 1. The van der Waals surface area contributed by atoms with Crippen molar-refractivity contribution in [3.05, 3.63) is 29.3 Å². The van der Waals surface area contributed by atoms with Crippen LogP contribution in [0.1, 0.15) is 17.4 Å². The van der Waals surface area contributed by atoms with Gasteiger partial charge in [-0.1, -0.05) is 0 Å². The van der Waals surface area contributed by atoms with Crippen LogP contribution in [-0.4, -0.2) is 38.0 Å². The zero-order chi connectivity index (χ0) is 18.0. The number of ether oxygens (including phenoxy) is 1. The lowest BCUT2D eigenvalue weighted by Gasteiger charge is -2.03. The van der Waals surface area contributed by atoms with Crippen LogP contribution in [0.3, 0.4) is 0 Å². The predicted molar refractivity (Wildman–Crippen MR) is 95.3 cm³/mol. The molecule has 3 aromatic rings. The Labute approximate surface area is 151 Å². The molecule has 0 saturated heterocycles. The fraction of sp³-hybridized carbons (Fsp3) is 0.214. The van der Waals surface area contributed by atoms with Gasteiger partial charge in [-0.2, -0.15) is 8.42 Å². The van der Waals surface area contributed by atoms with Crippen molar-refractivity contribution >= 4 is 49.1 Å². The summed E-state index contributed by atoms with van der Waals surface area (Å²) in [7, 11) is -2.54. The van der Waals surface area contributed by atoms with Crippen LogP contribution >= 0.6 is 22.7 Å². The van der Waals surface area contributed by atoms with Crippen molar-refractivity contribution in [1.82, 2.24) is 14.7 Å². The molecule has 1 amide bonds. The van der Waals surface area contributed by atoms with Gasteiger partial charge in [-0.25, -0.2) is 14.7 Å². The van der Waals surface area contributed by atoms with Gasteiger partial charge in [0, 0.05) is 5.38 Å². The molecule has 25 heavy (non-hydrogen) atoms. The second-order valence-corrected chi connectivity index (χ2v) is 7.92. The van der Waals surface area contributed by atoms with Gasteiger partial charge in [0.2, 0.25) is 0 Å². The van der Waals surface area contributed by atoms with E-state index in [2.05, 4.69) is 14.2 Å².